The molecule has 0 amide bonds. The molecule has 0 spiro atoms. The monoisotopic (exact) mass is 443 g/mol. The molecule has 132 valence electrons. The zero-order valence-electron chi connectivity index (χ0n) is 13.1. The van der Waals surface area contributed by atoms with Crippen molar-refractivity contribution in [2.45, 2.75) is 11.8 Å². The van der Waals surface area contributed by atoms with Crippen LogP contribution in [0.1, 0.15) is 12.5 Å². The molecule has 0 unspecified atom stereocenters. The van der Waals surface area contributed by atoms with Crippen LogP contribution in [0.3, 0.4) is 0 Å². The lowest BCUT2D eigenvalue weighted by atomic mass is 10.2. The maximum atomic E-state index is 12.9. The van der Waals surface area contributed by atoms with E-state index in [4.69, 9.17) is 10.1 Å². The minimum absolute atomic E-state index is 0. The van der Waals surface area contributed by atoms with E-state index in [0.717, 1.165) is 3.97 Å². The van der Waals surface area contributed by atoms with Gasteiger partial charge < -0.3 is 4.74 Å². The summed E-state index contributed by atoms with van der Waals surface area (Å²) in [6.07, 6.45) is 2.90. The van der Waals surface area contributed by atoms with E-state index in [1.165, 1.54) is 24.5 Å². The lowest BCUT2D eigenvalue weighted by molar-refractivity contribution is 0.326. The summed E-state index contributed by atoms with van der Waals surface area (Å²) in [6, 6.07) is 9.83. The number of rotatable bonds is 4. The van der Waals surface area contributed by atoms with Crippen LogP contribution in [0.5, 0.6) is 0 Å². The summed E-state index contributed by atoms with van der Waals surface area (Å²) in [5.41, 5.74) is 0.627. The summed E-state index contributed by atoms with van der Waals surface area (Å²) in [4.78, 5) is 4.37. The highest BCUT2D eigenvalue weighted by atomic mass is 79.9. The van der Waals surface area contributed by atoms with Gasteiger partial charge in [-0.1, -0.05) is 18.2 Å². The third-order valence-electron chi connectivity index (χ3n) is 3.41. The van der Waals surface area contributed by atoms with Crippen LogP contribution in [-0.4, -0.2) is 29.9 Å². The molecule has 1 N–H and O–H groups in total. The third kappa shape index (κ3) is 3.56. The van der Waals surface area contributed by atoms with E-state index in [2.05, 4.69) is 20.9 Å². The van der Waals surface area contributed by atoms with Gasteiger partial charge in [0.1, 0.15) is 0 Å². The third-order valence-corrected chi connectivity index (χ3v) is 5.51. The van der Waals surface area contributed by atoms with Crippen LogP contribution in [0.15, 0.2) is 58.2 Å². The molecule has 3 rings (SSSR count). The highest BCUT2D eigenvalue weighted by molar-refractivity contribution is 9.10. The van der Waals surface area contributed by atoms with Gasteiger partial charge in [-0.3, -0.25) is 5.41 Å². The van der Waals surface area contributed by atoms with Gasteiger partial charge in [0, 0.05) is 22.3 Å². The molecule has 3 aromatic rings. The molecule has 6 nitrogen and oxygen atoms in total. The molecule has 0 radical (unpaired) electrons. The second-order valence-electron chi connectivity index (χ2n) is 4.94. The number of nitrogens with zero attached hydrogens (tertiary/aromatic N) is 2. The predicted molar refractivity (Wildman–Crippen MR) is 102 cm³/mol. The molecule has 0 aliphatic heterocycles. The quantitative estimate of drug-likeness (QED) is 0.490. The molecule has 0 fully saturated rings. The van der Waals surface area contributed by atoms with E-state index < -0.39 is 10.0 Å². The fourth-order valence-electron chi connectivity index (χ4n) is 2.35. The van der Waals surface area contributed by atoms with Gasteiger partial charge >= 0.3 is 0 Å². The molecule has 1 aromatic carbocycles. The minimum Gasteiger partial charge on any atom is -0.478 e. The molecule has 9 heteroatoms. The van der Waals surface area contributed by atoms with Crippen molar-refractivity contribution >= 4 is 55.3 Å². The van der Waals surface area contributed by atoms with E-state index in [1.807, 2.05) is 0 Å². The first-order valence-electron chi connectivity index (χ1n) is 7.14. The van der Waals surface area contributed by atoms with Gasteiger partial charge in [-0.15, -0.1) is 12.4 Å². The summed E-state index contributed by atoms with van der Waals surface area (Å²) in [5, 5.41) is 8.56. The highest BCUT2D eigenvalue weighted by Crippen LogP contribution is 2.27. The maximum absolute atomic E-state index is 12.9. The van der Waals surface area contributed by atoms with Crippen LogP contribution in [0, 0.1) is 5.41 Å². The first-order valence-corrected chi connectivity index (χ1v) is 9.37. The van der Waals surface area contributed by atoms with Crippen LogP contribution < -0.4 is 0 Å². The van der Waals surface area contributed by atoms with Gasteiger partial charge in [-0.05, 0) is 41.1 Å². The van der Waals surface area contributed by atoms with E-state index in [9.17, 15) is 8.42 Å². The van der Waals surface area contributed by atoms with Crippen LogP contribution >= 0.6 is 28.3 Å². The first-order chi connectivity index (χ1) is 11.4. The number of nitrogens with one attached hydrogen (secondary N) is 1. The molecule has 0 atom stereocenters. The smallest absolute Gasteiger partial charge is 0.269 e. The second kappa shape index (κ2) is 7.55. The Hall–Kier alpha value is -1.90. The van der Waals surface area contributed by atoms with E-state index in [-0.39, 0.29) is 28.8 Å². The fraction of sp³-hybridized carbons (Fsp3) is 0.125. The van der Waals surface area contributed by atoms with Crippen LogP contribution in [0.4, 0.5) is 0 Å². The number of aromatic nitrogens is 2. The van der Waals surface area contributed by atoms with Crippen LogP contribution in [0.2, 0.25) is 0 Å². The summed E-state index contributed by atoms with van der Waals surface area (Å²) >= 11 is 3.33. The summed E-state index contributed by atoms with van der Waals surface area (Å²) in [6.45, 7) is 2.08. The Kier molecular flexibility index (Phi) is 5.87. The lowest BCUT2D eigenvalue weighted by Crippen LogP contribution is -2.12. The highest BCUT2D eigenvalue weighted by Gasteiger charge is 2.24. The van der Waals surface area contributed by atoms with Gasteiger partial charge in [0.2, 0.25) is 5.90 Å². The molecule has 0 aliphatic rings. The number of halogens is 2. The summed E-state index contributed by atoms with van der Waals surface area (Å²) < 4.78 is 32.9. The van der Waals surface area contributed by atoms with Gasteiger partial charge in [0.25, 0.3) is 10.0 Å². The fourth-order valence-corrected chi connectivity index (χ4v) is 4.02. The van der Waals surface area contributed by atoms with Crippen molar-refractivity contribution in [3.63, 3.8) is 0 Å². The Morgan fingerprint density at radius 3 is 2.64 bits per heavy atom. The van der Waals surface area contributed by atoms with E-state index in [0.29, 0.717) is 22.0 Å². The van der Waals surface area contributed by atoms with Crippen molar-refractivity contribution in [2.75, 3.05) is 6.61 Å². The molecule has 0 bridgehead atoms. The number of hydrogen-bond donors (Lipinski definition) is 1. The molecule has 0 saturated heterocycles. The van der Waals surface area contributed by atoms with Crippen molar-refractivity contribution < 1.29 is 13.2 Å². The van der Waals surface area contributed by atoms with Gasteiger partial charge in [0.05, 0.1) is 17.1 Å². The molecular formula is C16H15BrClN3O3S. The Morgan fingerprint density at radius 2 is 2.00 bits per heavy atom. The van der Waals surface area contributed by atoms with Crippen LogP contribution in [0.25, 0.3) is 11.0 Å². The molecule has 0 saturated carbocycles. The van der Waals surface area contributed by atoms with Gasteiger partial charge in [0.15, 0.2) is 5.65 Å². The van der Waals surface area contributed by atoms with Crippen LogP contribution in [-0.2, 0) is 14.8 Å². The Morgan fingerprint density at radius 1 is 1.32 bits per heavy atom. The number of pyridine rings is 1. The molecule has 2 aromatic heterocycles. The zero-order valence-corrected chi connectivity index (χ0v) is 16.4. The largest absolute Gasteiger partial charge is 0.478 e. The first kappa shape index (κ1) is 19.4. The Labute approximate surface area is 159 Å². The topological polar surface area (TPSA) is 85.0 Å². The zero-order chi connectivity index (χ0) is 17.3. The van der Waals surface area contributed by atoms with Gasteiger partial charge in [-0.2, -0.15) is 0 Å². The van der Waals surface area contributed by atoms with Crippen molar-refractivity contribution in [3.05, 3.63) is 58.8 Å². The van der Waals surface area contributed by atoms with Crippen molar-refractivity contribution in [1.29, 1.82) is 5.41 Å². The lowest BCUT2D eigenvalue weighted by Gasteiger charge is -2.06. The maximum Gasteiger partial charge on any atom is 0.269 e. The summed E-state index contributed by atoms with van der Waals surface area (Å²) in [5.74, 6) is -0.0931. The van der Waals surface area contributed by atoms with E-state index >= 15 is 0 Å². The molecular weight excluding hydrogens is 430 g/mol. The minimum atomic E-state index is -3.82. The standard InChI is InChI=1S/C16H14BrN3O3S.ClH/c1-2-23-15(18)14-10-20(16-13(14)8-11(17)9-19-16)24(21,22)12-6-4-3-5-7-12;/h3-10,18H,2H2,1H3;1H. The average molecular weight is 445 g/mol. The molecule has 25 heavy (non-hydrogen) atoms. The second-order valence-corrected chi connectivity index (χ2v) is 7.67. The SMILES string of the molecule is CCOC(=N)c1cn(S(=O)(=O)c2ccccc2)c2ncc(Br)cc12.Cl. The van der Waals surface area contributed by atoms with Gasteiger partial charge in [-0.25, -0.2) is 17.4 Å². The normalized spacial score (nSPS) is 11.1. The number of hydrogen-bond acceptors (Lipinski definition) is 5. The van der Waals surface area contributed by atoms with Crippen molar-refractivity contribution in [1.82, 2.24) is 8.96 Å². The van der Waals surface area contributed by atoms with Crippen molar-refractivity contribution in [3.8, 4) is 0 Å². The predicted octanol–water partition coefficient (Wildman–Crippen LogP) is 3.82. The number of benzene rings is 1. The molecule has 0 aliphatic carbocycles. The molecule has 2 heterocycles. The van der Waals surface area contributed by atoms with E-state index in [1.54, 1.807) is 31.2 Å². The Balaban J connectivity index is 0.00000225. The number of fused-ring (bicyclic) bond motifs is 1. The number of ether oxygens (including phenoxy) is 1. The Bertz CT molecular complexity index is 1020. The summed E-state index contributed by atoms with van der Waals surface area (Å²) in [7, 11) is -3.82. The average Bonchev–Trinajstić information content (AvgIpc) is 2.95. The van der Waals surface area contributed by atoms with Crippen molar-refractivity contribution in [2.24, 2.45) is 0 Å².